The summed E-state index contributed by atoms with van der Waals surface area (Å²) in [6.45, 7) is 6.10. The zero-order valence-electron chi connectivity index (χ0n) is 15.0. The summed E-state index contributed by atoms with van der Waals surface area (Å²) < 4.78 is 35.1. The number of carbonyl (C=O) groups excluding carboxylic acids is 1. The van der Waals surface area contributed by atoms with Gasteiger partial charge in [0.1, 0.15) is 5.52 Å². The number of carbonyl (C=O) groups is 1. The molecule has 0 unspecified atom stereocenters. The summed E-state index contributed by atoms with van der Waals surface area (Å²) in [5.74, 6) is -0.195. The number of halogens is 2. The van der Waals surface area contributed by atoms with Crippen molar-refractivity contribution in [2.24, 2.45) is 5.41 Å². The fourth-order valence-corrected chi connectivity index (χ4v) is 2.34. The van der Waals surface area contributed by atoms with Crippen molar-refractivity contribution >= 4 is 22.8 Å². The first-order valence-electron chi connectivity index (χ1n) is 8.24. The predicted octanol–water partition coefficient (Wildman–Crippen LogP) is 4.06. The lowest BCUT2D eigenvalue weighted by Crippen LogP contribution is -2.28. The Labute approximate surface area is 153 Å². The second-order valence-corrected chi connectivity index (χ2v) is 7.18. The van der Waals surface area contributed by atoms with Gasteiger partial charge in [-0.25, -0.2) is 18.6 Å². The highest BCUT2D eigenvalue weighted by Crippen LogP contribution is 2.25. The second kappa shape index (κ2) is 7.29. The average molecular weight is 379 g/mol. The molecule has 3 rings (SSSR count). The van der Waals surface area contributed by atoms with Gasteiger partial charge in [0, 0.05) is 12.1 Å². The number of anilines is 1. The van der Waals surface area contributed by atoms with Crippen LogP contribution >= 0.6 is 0 Å². The number of nitrogens with one attached hydrogen (secondary N) is 2. The summed E-state index contributed by atoms with van der Waals surface area (Å²) in [4.78, 5) is 19.9. The van der Waals surface area contributed by atoms with Crippen molar-refractivity contribution in [1.29, 1.82) is 0 Å². The molecule has 0 aliphatic heterocycles. The normalized spacial score (nSPS) is 11.9. The molecule has 0 radical (unpaired) electrons. The number of fused-ring (bicyclic) bond motifs is 1. The van der Waals surface area contributed by atoms with E-state index in [0.717, 1.165) is 0 Å². The van der Waals surface area contributed by atoms with Crippen molar-refractivity contribution in [2.45, 2.75) is 40.2 Å². The quantitative estimate of drug-likeness (QED) is 0.692. The topological polar surface area (TPSA) is 106 Å². The van der Waals surface area contributed by atoms with Crippen molar-refractivity contribution in [3.63, 3.8) is 0 Å². The van der Waals surface area contributed by atoms with Crippen LogP contribution in [0.25, 0.3) is 11.1 Å². The first-order valence-corrected chi connectivity index (χ1v) is 8.24. The molecule has 0 atom stereocenters. The number of benzene rings is 1. The van der Waals surface area contributed by atoms with Crippen molar-refractivity contribution in [3.05, 3.63) is 35.8 Å². The number of nitrogens with zero attached hydrogens (tertiary/aromatic N) is 3. The van der Waals surface area contributed by atoms with Crippen LogP contribution in [0, 0.1) is 5.41 Å². The molecule has 0 saturated carbocycles. The Morgan fingerprint density at radius 3 is 2.67 bits per heavy atom. The molecule has 8 nitrogen and oxygen atoms in total. The van der Waals surface area contributed by atoms with Crippen LogP contribution in [0.5, 0.6) is 0 Å². The zero-order chi connectivity index (χ0) is 19.6. The zero-order valence-corrected chi connectivity index (χ0v) is 15.0. The Kier molecular flexibility index (Phi) is 5.06. The van der Waals surface area contributed by atoms with E-state index < -0.39 is 18.3 Å². The van der Waals surface area contributed by atoms with E-state index in [1.165, 1.54) is 0 Å². The highest BCUT2D eigenvalue weighted by molar-refractivity contribution is 5.91. The number of hydrogen-bond acceptors (Lipinski definition) is 6. The van der Waals surface area contributed by atoms with Crippen molar-refractivity contribution < 1.29 is 22.5 Å². The van der Waals surface area contributed by atoms with E-state index in [-0.39, 0.29) is 17.9 Å². The molecule has 0 spiro atoms. The van der Waals surface area contributed by atoms with Gasteiger partial charge in [-0.2, -0.15) is 4.98 Å². The maximum atomic E-state index is 12.4. The molecule has 2 N–H and O–H groups in total. The van der Waals surface area contributed by atoms with Gasteiger partial charge < -0.3 is 19.6 Å². The SMILES string of the molecule is CC(C)(C)Cc1nc2cc(NC(=O)NCc3nc(C(F)F)no3)ccc2o1. The Balaban J connectivity index is 1.60. The summed E-state index contributed by atoms with van der Waals surface area (Å²) in [7, 11) is 0. The Bertz CT molecular complexity index is 946. The van der Waals surface area contributed by atoms with Gasteiger partial charge >= 0.3 is 12.5 Å². The number of alkyl halides is 2. The van der Waals surface area contributed by atoms with Gasteiger partial charge in [0.15, 0.2) is 11.5 Å². The van der Waals surface area contributed by atoms with Crippen LogP contribution in [0.1, 0.15) is 44.8 Å². The third-order valence-corrected chi connectivity index (χ3v) is 3.45. The average Bonchev–Trinajstić information content (AvgIpc) is 3.17. The van der Waals surface area contributed by atoms with Crippen molar-refractivity contribution in [1.82, 2.24) is 20.4 Å². The van der Waals surface area contributed by atoms with Crippen LogP contribution in [0.3, 0.4) is 0 Å². The monoisotopic (exact) mass is 379 g/mol. The molecule has 0 fully saturated rings. The molecule has 0 aliphatic carbocycles. The maximum Gasteiger partial charge on any atom is 0.319 e. The Morgan fingerprint density at radius 1 is 1.22 bits per heavy atom. The molecule has 144 valence electrons. The van der Waals surface area contributed by atoms with Gasteiger partial charge in [0.2, 0.25) is 11.7 Å². The van der Waals surface area contributed by atoms with Gasteiger partial charge in [-0.05, 0) is 23.6 Å². The van der Waals surface area contributed by atoms with E-state index in [4.69, 9.17) is 4.42 Å². The van der Waals surface area contributed by atoms with E-state index in [1.807, 2.05) is 0 Å². The molecule has 3 aromatic rings. The highest BCUT2D eigenvalue weighted by Gasteiger charge is 2.17. The minimum Gasteiger partial charge on any atom is -0.441 e. The summed E-state index contributed by atoms with van der Waals surface area (Å²) in [6.07, 6.45) is -2.14. The molecular weight excluding hydrogens is 360 g/mol. The summed E-state index contributed by atoms with van der Waals surface area (Å²) in [5, 5.41) is 8.18. The molecule has 10 heteroatoms. The van der Waals surface area contributed by atoms with E-state index >= 15 is 0 Å². The molecule has 0 saturated heterocycles. The lowest BCUT2D eigenvalue weighted by molar-refractivity contribution is 0.136. The number of amides is 2. The Morgan fingerprint density at radius 2 is 2.00 bits per heavy atom. The number of urea groups is 1. The largest absolute Gasteiger partial charge is 0.441 e. The van der Waals surface area contributed by atoms with Crippen LogP contribution in [0.4, 0.5) is 19.3 Å². The summed E-state index contributed by atoms with van der Waals surface area (Å²) in [5.41, 5.74) is 1.81. The molecule has 2 aromatic heterocycles. The molecule has 1 aromatic carbocycles. The minimum absolute atomic E-state index is 0.0424. The Hall–Kier alpha value is -3.04. The van der Waals surface area contributed by atoms with Gasteiger partial charge in [0.05, 0.1) is 6.54 Å². The second-order valence-electron chi connectivity index (χ2n) is 7.18. The maximum absolute atomic E-state index is 12.4. The minimum atomic E-state index is -2.83. The first-order chi connectivity index (χ1) is 12.7. The van der Waals surface area contributed by atoms with Crippen molar-refractivity contribution in [2.75, 3.05) is 5.32 Å². The predicted molar refractivity (Wildman–Crippen MR) is 92.3 cm³/mol. The van der Waals surface area contributed by atoms with E-state index in [9.17, 15) is 13.6 Å². The third-order valence-electron chi connectivity index (χ3n) is 3.45. The van der Waals surface area contributed by atoms with E-state index in [0.29, 0.717) is 29.1 Å². The molecule has 27 heavy (non-hydrogen) atoms. The lowest BCUT2D eigenvalue weighted by Gasteiger charge is -2.14. The van der Waals surface area contributed by atoms with Gasteiger partial charge in [-0.1, -0.05) is 25.9 Å². The summed E-state index contributed by atoms with van der Waals surface area (Å²) >= 11 is 0. The number of hydrogen-bond donors (Lipinski definition) is 2. The fraction of sp³-hybridized carbons (Fsp3) is 0.412. The standard InChI is InChI=1S/C17H19F2N5O3/c1-17(2,3)7-12-22-10-6-9(4-5-11(10)26-12)21-16(25)20-8-13-23-15(14(18)19)24-27-13/h4-6,14H,7-8H2,1-3H3,(H2,20,21,25). The lowest BCUT2D eigenvalue weighted by atomic mass is 9.92. The fourth-order valence-electron chi connectivity index (χ4n) is 2.34. The van der Waals surface area contributed by atoms with Gasteiger partial charge in [-0.3, -0.25) is 0 Å². The smallest absolute Gasteiger partial charge is 0.319 e. The van der Waals surface area contributed by atoms with Crippen LogP contribution in [0.15, 0.2) is 27.1 Å². The van der Waals surface area contributed by atoms with Gasteiger partial charge in [-0.15, -0.1) is 0 Å². The number of rotatable bonds is 5. The van der Waals surface area contributed by atoms with E-state index in [1.54, 1.807) is 18.2 Å². The molecular formula is C17H19F2N5O3. The van der Waals surface area contributed by atoms with Crippen LogP contribution in [0.2, 0.25) is 0 Å². The third kappa shape index (κ3) is 4.99. The summed E-state index contributed by atoms with van der Waals surface area (Å²) in [6, 6.07) is 4.53. The number of aromatic nitrogens is 3. The number of oxazole rings is 1. The van der Waals surface area contributed by atoms with E-state index in [2.05, 4.69) is 51.1 Å². The molecule has 0 bridgehead atoms. The molecule has 0 aliphatic rings. The van der Waals surface area contributed by atoms with Crippen LogP contribution in [-0.2, 0) is 13.0 Å². The molecule has 2 amide bonds. The van der Waals surface area contributed by atoms with Crippen LogP contribution < -0.4 is 10.6 Å². The highest BCUT2D eigenvalue weighted by atomic mass is 19.3. The van der Waals surface area contributed by atoms with Crippen LogP contribution in [-0.4, -0.2) is 21.2 Å². The first kappa shape index (κ1) is 18.7. The van der Waals surface area contributed by atoms with Crippen molar-refractivity contribution in [3.8, 4) is 0 Å². The molecule has 2 heterocycles. The van der Waals surface area contributed by atoms with Gasteiger partial charge in [0.25, 0.3) is 0 Å².